The topological polar surface area (TPSA) is 9.23 Å². The van der Waals surface area contributed by atoms with Gasteiger partial charge in [0, 0.05) is 6.42 Å². The average molecular weight is 154 g/mol. The van der Waals surface area contributed by atoms with Gasteiger partial charge in [-0.1, -0.05) is 6.92 Å². The fraction of sp³-hybridized carbons (Fsp3) is 0.800. The van der Waals surface area contributed by atoms with Crippen molar-refractivity contribution in [1.29, 1.82) is 0 Å². The molecule has 0 saturated heterocycles. The standard InChI is InChI=1S/C10H18O/c1-3-11-10-6-4-5-9(2)7-8-10/h6,9H,3-5,7-8H2,1-2H3. The molecule has 0 aromatic heterocycles. The third-order valence-corrected chi connectivity index (χ3v) is 2.24. The fourth-order valence-electron chi connectivity index (χ4n) is 1.48. The largest absolute Gasteiger partial charge is 0.499 e. The van der Waals surface area contributed by atoms with Crippen molar-refractivity contribution in [2.24, 2.45) is 5.92 Å². The number of rotatable bonds is 2. The molecule has 11 heavy (non-hydrogen) atoms. The summed E-state index contributed by atoms with van der Waals surface area (Å²) in [6.07, 6.45) is 7.24. The van der Waals surface area contributed by atoms with E-state index in [1.807, 2.05) is 0 Å². The van der Waals surface area contributed by atoms with Crippen molar-refractivity contribution in [2.45, 2.75) is 39.5 Å². The molecular formula is C10H18O. The van der Waals surface area contributed by atoms with Crippen LogP contribution in [0.15, 0.2) is 11.8 Å². The number of ether oxygens (including phenoxy) is 1. The Hall–Kier alpha value is -0.460. The Labute approximate surface area is 69.4 Å². The van der Waals surface area contributed by atoms with Crippen LogP contribution >= 0.6 is 0 Å². The molecule has 0 aromatic rings. The summed E-state index contributed by atoms with van der Waals surface area (Å²) >= 11 is 0. The number of hydrogen-bond acceptors (Lipinski definition) is 1. The van der Waals surface area contributed by atoms with Crippen LogP contribution in [0.1, 0.15) is 39.5 Å². The summed E-state index contributed by atoms with van der Waals surface area (Å²) in [6.45, 7) is 5.19. The van der Waals surface area contributed by atoms with Crippen LogP contribution in [0, 0.1) is 5.92 Å². The molecule has 64 valence electrons. The molecule has 1 aliphatic carbocycles. The fourth-order valence-corrected chi connectivity index (χ4v) is 1.48. The Bertz CT molecular complexity index is 138. The lowest BCUT2D eigenvalue weighted by atomic mass is 10.0. The highest BCUT2D eigenvalue weighted by Crippen LogP contribution is 2.22. The first-order valence-corrected chi connectivity index (χ1v) is 4.64. The first-order valence-electron chi connectivity index (χ1n) is 4.64. The van der Waals surface area contributed by atoms with E-state index in [0.717, 1.165) is 18.9 Å². The summed E-state index contributed by atoms with van der Waals surface area (Å²) in [4.78, 5) is 0. The van der Waals surface area contributed by atoms with Gasteiger partial charge in [0.2, 0.25) is 0 Å². The van der Waals surface area contributed by atoms with Crippen LogP contribution < -0.4 is 0 Å². The molecule has 0 amide bonds. The molecule has 0 fully saturated rings. The van der Waals surface area contributed by atoms with E-state index in [9.17, 15) is 0 Å². The molecule has 1 rings (SSSR count). The van der Waals surface area contributed by atoms with Gasteiger partial charge in [-0.05, 0) is 38.2 Å². The second kappa shape index (κ2) is 4.42. The Morgan fingerprint density at radius 1 is 1.55 bits per heavy atom. The highest BCUT2D eigenvalue weighted by atomic mass is 16.5. The minimum absolute atomic E-state index is 0.820. The zero-order valence-electron chi connectivity index (χ0n) is 7.60. The minimum atomic E-state index is 0.820. The number of allylic oxidation sites excluding steroid dienone is 2. The van der Waals surface area contributed by atoms with E-state index < -0.39 is 0 Å². The Morgan fingerprint density at radius 2 is 2.36 bits per heavy atom. The Kier molecular flexibility index (Phi) is 3.47. The molecular weight excluding hydrogens is 136 g/mol. The predicted octanol–water partition coefficient (Wildman–Crippen LogP) is 3.12. The van der Waals surface area contributed by atoms with Gasteiger partial charge < -0.3 is 4.74 Å². The second-order valence-corrected chi connectivity index (χ2v) is 3.32. The van der Waals surface area contributed by atoms with Crippen molar-refractivity contribution >= 4 is 0 Å². The minimum Gasteiger partial charge on any atom is -0.499 e. The summed E-state index contributed by atoms with van der Waals surface area (Å²) in [5.41, 5.74) is 0. The van der Waals surface area contributed by atoms with Crippen molar-refractivity contribution < 1.29 is 4.74 Å². The van der Waals surface area contributed by atoms with Gasteiger partial charge >= 0.3 is 0 Å². The molecule has 1 atom stereocenters. The zero-order valence-corrected chi connectivity index (χ0v) is 7.60. The van der Waals surface area contributed by atoms with Crippen molar-refractivity contribution in [3.63, 3.8) is 0 Å². The highest BCUT2D eigenvalue weighted by molar-refractivity contribution is 4.95. The van der Waals surface area contributed by atoms with Crippen LogP contribution in [0.4, 0.5) is 0 Å². The van der Waals surface area contributed by atoms with E-state index in [1.54, 1.807) is 0 Å². The highest BCUT2D eigenvalue weighted by Gasteiger charge is 2.08. The monoisotopic (exact) mass is 154 g/mol. The molecule has 1 unspecified atom stereocenters. The molecule has 0 N–H and O–H groups in total. The van der Waals surface area contributed by atoms with Crippen molar-refractivity contribution in [1.82, 2.24) is 0 Å². The quantitative estimate of drug-likeness (QED) is 0.593. The van der Waals surface area contributed by atoms with E-state index in [2.05, 4.69) is 19.9 Å². The van der Waals surface area contributed by atoms with Gasteiger partial charge in [0.1, 0.15) is 0 Å². The molecule has 0 radical (unpaired) electrons. The molecule has 0 aliphatic heterocycles. The smallest absolute Gasteiger partial charge is 0.0919 e. The molecule has 0 spiro atoms. The van der Waals surface area contributed by atoms with E-state index in [0.29, 0.717) is 0 Å². The SMILES string of the molecule is CCOC1=CCCC(C)CC1. The van der Waals surface area contributed by atoms with Crippen LogP contribution in [0.25, 0.3) is 0 Å². The Morgan fingerprint density at radius 3 is 3.09 bits per heavy atom. The van der Waals surface area contributed by atoms with Gasteiger partial charge in [0.15, 0.2) is 0 Å². The third kappa shape index (κ3) is 2.96. The van der Waals surface area contributed by atoms with Gasteiger partial charge in [0.05, 0.1) is 12.4 Å². The van der Waals surface area contributed by atoms with Gasteiger partial charge in [0.25, 0.3) is 0 Å². The van der Waals surface area contributed by atoms with Crippen LogP contribution in [-0.4, -0.2) is 6.61 Å². The van der Waals surface area contributed by atoms with Gasteiger partial charge in [-0.2, -0.15) is 0 Å². The maximum Gasteiger partial charge on any atom is 0.0919 e. The van der Waals surface area contributed by atoms with Crippen LogP contribution in [0.3, 0.4) is 0 Å². The van der Waals surface area contributed by atoms with Crippen LogP contribution in [0.2, 0.25) is 0 Å². The average Bonchev–Trinajstić information content (AvgIpc) is 2.17. The zero-order chi connectivity index (χ0) is 8.10. The first-order chi connectivity index (χ1) is 5.33. The van der Waals surface area contributed by atoms with E-state index in [4.69, 9.17) is 4.74 Å². The molecule has 0 bridgehead atoms. The molecule has 1 aliphatic rings. The third-order valence-electron chi connectivity index (χ3n) is 2.24. The summed E-state index contributed by atoms with van der Waals surface area (Å²) in [5.74, 6) is 2.10. The van der Waals surface area contributed by atoms with Gasteiger partial charge in [-0.3, -0.25) is 0 Å². The second-order valence-electron chi connectivity index (χ2n) is 3.32. The molecule has 0 aromatic carbocycles. The van der Waals surface area contributed by atoms with Crippen molar-refractivity contribution in [3.8, 4) is 0 Å². The van der Waals surface area contributed by atoms with Crippen LogP contribution in [-0.2, 0) is 4.74 Å². The van der Waals surface area contributed by atoms with Gasteiger partial charge in [-0.25, -0.2) is 0 Å². The lowest BCUT2D eigenvalue weighted by Crippen LogP contribution is -1.93. The molecule has 1 heteroatoms. The molecule has 0 saturated carbocycles. The first kappa shape index (κ1) is 8.63. The summed E-state index contributed by atoms with van der Waals surface area (Å²) in [6, 6.07) is 0. The van der Waals surface area contributed by atoms with E-state index in [1.165, 1.54) is 25.0 Å². The van der Waals surface area contributed by atoms with E-state index in [-0.39, 0.29) is 0 Å². The molecule has 0 heterocycles. The van der Waals surface area contributed by atoms with Crippen molar-refractivity contribution in [3.05, 3.63) is 11.8 Å². The van der Waals surface area contributed by atoms with Crippen LogP contribution in [0.5, 0.6) is 0 Å². The van der Waals surface area contributed by atoms with E-state index >= 15 is 0 Å². The summed E-state index contributed by atoms with van der Waals surface area (Å²) in [5, 5.41) is 0. The predicted molar refractivity (Wildman–Crippen MR) is 47.3 cm³/mol. The van der Waals surface area contributed by atoms with Gasteiger partial charge in [-0.15, -0.1) is 0 Å². The maximum atomic E-state index is 5.47. The normalized spacial score (nSPS) is 25.6. The lowest BCUT2D eigenvalue weighted by Gasteiger charge is -2.07. The molecule has 1 nitrogen and oxygen atoms in total. The lowest BCUT2D eigenvalue weighted by molar-refractivity contribution is 0.215. The summed E-state index contributed by atoms with van der Waals surface area (Å²) in [7, 11) is 0. The maximum absolute atomic E-state index is 5.47. The summed E-state index contributed by atoms with van der Waals surface area (Å²) < 4.78 is 5.47. The Balaban J connectivity index is 2.35. The number of hydrogen-bond donors (Lipinski definition) is 0. The van der Waals surface area contributed by atoms with Crippen molar-refractivity contribution in [2.75, 3.05) is 6.61 Å².